The quantitative estimate of drug-likeness (QED) is 0.780. The van der Waals surface area contributed by atoms with Crippen LogP contribution in [-0.4, -0.2) is 13.2 Å². The maximum Gasteiger partial charge on any atom is 0.0896 e. The number of benzene rings is 1. The third kappa shape index (κ3) is 2.23. The van der Waals surface area contributed by atoms with Gasteiger partial charge in [-0.15, -0.1) is 0 Å². The SMILES string of the molecule is C[Si](C)(C)c1ccc(C2(O)CCCC2)cc1. The fourth-order valence-electron chi connectivity index (χ4n) is 2.53. The smallest absolute Gasteiger partial charge is 0.0896 e. The summed E-state index contributed by atoms with van der Waals surface area (Å²) in [6, 6.07) is 8.72. The first-order valence-corrected chi connectivity index (χ1v) is 9.75. The molecule has 0 bridgehead atoms. The molecule has 1 aliphatic carbocycles. The molecular weight excluding hydrogens is 212 g/mol. The second-order valence-electron chi connectivity index (χ2n) is 6.07. The highest BCUT2D eigenvalue weighted by Gasteiger charge is 2.32. The molecule has 88 valence electrons. The molecule has 0 heterocycles. The van der Waals surface area contributed by atoms with Crippen LogP contribution in [-0.2, 0) is 5.60 Å². The Labute approximate surface area is 99.5 Å². The molecule has 1 nitrogen and oxygen atoms in total. The fourth-order valence-corrected chi connectivity index (χ4v) is 3.70. The van der Waals surface area contributed by atoms with E-state index in [2.05, 4.69) is 43.9 Å². The van der Waals surface area contributed by atoms with Crippen LogP contribution in [0.1, 0.15) is 31.2 Å². The fraction of sp³-hybridized carbons (Fsp3) is 0.571. The molecule has 0 radical (unpaired) electrons. The molecule has 0 saturated heterocycles. The van der Waals surface area contributed by atoms with Gasteiger partial charge in [-0.3, -0.25) is 0 Å². The van der Waals surface area contributed by atoms with Crippen molar-refractivity contribution in [2.75, 3.05) is 0 Å². The first-order chi connectivity index (χ1) is 7.42. The molecule has 0 unspecified atom stereocenters. The van der Waals surface area contributed by atoms with Gasteiger partial charge in [0.25, 0.3) is 0 Å². The lowest BCUT2D eigenvalue weighted by Gasteiger charge is -2.24. The van der Waals surface area contributed by atoms with E-state index in [0.717, 1.165) is 31.2 Å². The van der Waals surface area contributed by atoms with Crippen LogP contribution in [0.4, 0.5) is 0 Å². The van der Waals surface area contributed by atoms with Crippen LogP contribution >= 0.6 is 0 Å². The van der Waals surface area contributed by atoms with Crippen LogP contribution in [0.5, 0.6) is 0 Å². The Kier molecular flexibility index (Phi) is 2.97. The van der Waals surface area contributed by atoms with Crippen molar-refractivity contribution in [3.63, 3.8) is 0 Å². The van der Waals surface area contributed by atoms with Gasteiger partial charge in [-0.25, -0.2) is 0 Å². The van der Waals surface area contributed by atoms with E-state index in [4.69, 9.17) is 0 Å². The van der Waals surface area contributed by atoms with Gasteiger partial charge < -0.3 is 5.11 Å². The van der Waals surface area contributed by atoms with E-state index in [1.807, 2.05) is 0 Å². The summed E-state index contributed by atoms with van der Waals surface area (Å²) >= 11 is 0. The standard InChI is InChI=1S/C14H22OSi/c1-16(2,3)13-8-6-12(7-9-13)14(15)10-4-5-11-14/h6-9,15H,4-5,10-11H2,1-3H3. The highest BCUT2D eigenvalue weighted by atomic mass is 28.3. The topological polar surface area (TPSA) is 20.2 Å². The van der Waals surface area contributed by atoms with E-state index in [1.54, 1.807) is 0 Å². The summed E-state index contributed by atoms with van der Waals surface area (Å²) in [6.45, 7) is 7.06. The Hall–Kier alpha value is -0.603. The molecule has 0 aromatic heterocycles. The lowest BCUT2D eigenvalue weighted by Crippen LogP contribution is -2.37. The Balaban J connectivity index is 2.26. The predicted octanol–water partition coefficient (Wildman–Crippen LogP) is 2.99. The zero-order valence-corrected chi connectivity index (χ0v) is 11.6. The van der Waals surface area contributed by atoms with Gasteiger partial charge >= 0.3 is 0 Å². The van der Waals surface area contributed by atoms with E-state index in [9.17, 15) is 5.11 Å². The summed E-state index contributed by atoms with van der Waals surface area (Å²) in [5.74, 6) is 0. The molecule has 0 aliphatic heterocycles. The molecular formula is C14H22OSi. The molecule has 2 heteroatoms. The number of rotatable bonds is 2. The average molecular weight is 234 g/mol. The Morgan fingerprint density at radius 1 is 1.00 bits per heavy atom. The molecule has 1 N–H and O–H groups in total. The molecule has 1 saturated carbocycles. The average Bonchev–Trinajstić information content (AvgIpc) is 2.66. The second-order valence-corrected chi connectivity index (χ2v) is 11.1. The minimum absolute atomic E-state index is 0.530. The van der Waals surface area contributed by atoms with Gasteiger partial charge in [0.05, 0.1) is 13.7 Å². The van der Waals surface area contributed by atoms with Gasteiger partial charge in [0, 0.05) is 0 Å². The summed E-state index contributed by atoms with van der Waals surface area (Å²) < 4.78 is 0. The summed E-state index contributed by atoms with van der Waals surface area (Å²) in [4.78, 5) is 0. The van der Waals surface area contributed by atoms with Gasteiger partial charge in [-0.05, 0) is 18.4 Å². The molecule has 1 fully saturated rings. The summed E-state index contributed by atoms with van der Waals surface area (Å²) in [6.07, 6.45) is 4.18. The largest absolute Gasteiger partial charge is 0.385 e. The van der Waals surface area contributed by atoms with Crippen molar-refractivity contribution in [3.05, 3.63) is 29.8 Å². The Morgan fingerprint density at radius 3 is 1.94 bits per heavy atom. The monoisotopic (exact) mass is 234 g/mol. The van der Waals surface area contributed by atoms with E-state index >= 15 is 0 Å². The van der Waals surface area contributed by atoms with Crippen molar-refractivity contribution in [2.45, 2.75) is 50.9 Å². The van der Waals surface area contributed by atoms with Crippen LogP contribution in [0, 0.1) is 0 Å². The lowest BCUT2D eigenvalue weighted by atomic mass is 9.92. The van der Waals surface area contributed by atoms with Crippen LogP contribution in [0.25, 0.3) is 0 Å². The van der Waals surface area contributed by atoms with E-state index in [1.165, 1.54) is 5.19 Å². The molecule has 16 heavy (non-hydrogen) atoms. The Morgan fingerprint density at radius 2 is 1.50 bits per heavy atom. The first kappa shape index (κ1) is 11.9. The molecule has 0 atom stereocenters. The summed E-state index contributed by atoms with van der Waals surface area (Å²) in [5, 5.41) is 11.9. The van der Waals surface area contributed by atoms with Crippen molar-refractivity contribution < 1.29 is 5.11 Å². The predicted molar refractivity (Wildman–Crippen MR) is 71.8 cm³/mol. The lowest BCUT2D eigenvalue weighted by molar-refractivity contribution is 0.0445. The summed E-state index contributed by atoms with van der Waals surface area (Å²) in [5.41, 5.74) is 0.588. The summed E-state index contributed by atoms with van der Waals surface area (Å²) in [7, 11) is -1.20. The number of hydrogen-bond donors (Lipinski definition) is 1. The zero-order chi connectivity index (χ0) is 11.8. The molecule has 0 spiro atoms. The van der Waals surface area contributed by atoms with Crippen LogP contribution in [0.2, 0.25) is 19.6 Å². The molecule has 2 rings (SSSR count). The maximum absolute atomic E-state index is 10.5. The van der Waals surface area contributed by atoms with Crippen molar-refractivity contribution in [2.24, 2.45) is 0 Å². The molecule has 1 aromatic carbocycles. The molecule has 1 aliphatic rings. The van der Waals surface area contributed by atoms with Crippen molar-refractivity contribution in [3.8, 4) is 0 Å². The minimum Gasteiger partial charge on any atom is -0.385 e. The Bertz CT molecular complexity index is 355. The van der Waals surface area contributed by atoms with Crippen LogP contribution in [0.3, 0.4) is 0 Å². The number of aliphatic hydroxyl groups is 1. The van der Waals surface area contributed by atoms with Gasteiger partial charge in [-0.1, -0.05) is 61.9 Å². The second kappa shape index (κ2) is 4.01. The van der Waals surface area contributed by atoms with Gasteiger partial charge in [0.15, 0.2) is 0 Å². The van der Waals surface area contributed by atoms with E-state index in [-0.39, 0.29) is 0 Å². The zero-order valence-electron chi connectivity index (χ0n) is 10.6. The van der Waals surface area contributed by atoms with Crippen LogP contribution in [0.15, 0.2) is 24.3 Å². The number of hydrogen-bond acceptors (Lipinski definition) is 1. The maximum atomic E-state index is 10.5. The van der Waals surface area contributed by atoms with Gasteiger partial charge in [0.1, 0.15) is 0 Å². The third-order valence-corrected chi connectivity index (χ3v) is 5.78. The normalized spacial score (nSPS) is 20.0. The molecule has 1 aromatic rings. The first-order valence-electron chi connectivity index (χ1n) is 6.25. The van der Waals surface area contributed by atoms with Crippen molar-refractivity contribution in [1.29, 1.82) is 0 Å². The van der Waals surface area contributed by atoms with E-state index < -0.39 is 13.7 Å². The van der Waals surface area contributed by atoms with Gasteiger partial charge in [0.2, 0.25) is 0 Å². The molecule has 0 amide bonds. The van der Waals surface area contributed by atoms with Gasteiger partial charge in [-0.2, -0.15) is 0 Å². The van der Waals surface area contributed by atoms with Crippen molar-refractivity contribution >= 4 is 13.3 Å². The van der Waals surface area contributed by atoms with E-state index in [0.29, 0.717) is 0 Å². The third-order valence-electron chi connectivity index (χ3n) is 3.72. The highest BCUT2D eigenvalue weighted by Crippen LogP contribution is 2.38. The van der Waals surface area contributed by atoms with Crippen molar-refractivity contribution in [1.82, 2.24) is 0 Å². The van der Waals surface area contributed by atoms with Crippen LogP contribution < -0.4 is 5.19 Å². The highest BCUT2D eigenvalue weighted by molar-refractivity contribution is 6.88. The minimum atomic E-state index is -1.20.